The maximum Gasteiger partial charge on any atom is 0.573 e. The van der Waals surface area contributed by atoms with Crippen molar-refractivity contribution in [1.29, 1.82) is 0 Å². The molecule has 0 atom stereocenters. The van der Waals surface area contributed by atoms with E-state index in [-0.39, 0.29) is 11.4 Å². The van der Waals surface area contributed by atoms with Crippen molar-refractivity contribution in [3.05, 3.63) is 58.6 Å². The summed E-state index contributed by atoms with van der Waals surface area (Å²) in [4.78, 5) is 9.19. The summed E-state index contributed by atoms with van der Waals surface area (Å²) >= 11 is 0. The van der Waals surface area contributed by atoms with Gasteiger partial charge < -0.3 is 4.74 Å². The second-order valence-electron chi connectivity index (χ2n) is 4.41. The maximum atomic E-state index is 12.4. The molecule has 2 aromatic rings. The van der Waals surface area contributed by atoms with Crippen LogP contribution in [0.1, 0.15) is 0 Å². The summed E-state index contributed by atoms with van der Waals surface area (Å²) in [6.45, 7) is 0. The number of alkyl halides is 3. The summed E-state index contributed by atoms with van der Waals surface area (Å²) in [7, 11) is -4.46. The van der Waals surface area contributed by atoms with Crippen LogP contribution in [0.3, 0.4) is 0 Å². The Bertz CT molecular complexity index is 868. The van der Waals surface area contributed by atoms with Crippen LogP contribution in [0, 0.1) is 10.1 Å². The molecular formula is C13H9F3N2O5S. The van der Waals surface area contributed by atoms with Gasteiger partial charge in [-0.1, -0.05) is 18.2 Å². The smallest absolute Gasteiger partial charge is 0.404 e. The number of nitrogens with one attached hydrogen (secondary N) is 1. The topological polar surface area (TPSA) is 98.5 Å². The van der Waals surface area contributed by atoms with Crippen LogP contribution in [0.2, 0.25) is 0 Å². The number of hydrogen-bond acceptors (Lipinski definition) is 5. The lowest BCUT2D eigenvalue weighted by molar-refractivity contribution is -0.384. The van der Waals surface area contributed by atoms with Crippen LogP contribution >= 0.6 is 0 Å². The molecule has 24 heavy (non-hydrogen) atoms. The van der Waals surface area contributed by atoms with Gasteiger partial charge in [0, 0.05) is 12.1 Å². The first-order valence-electron chi connectivity index (χ1n) is 6.20. The van der Waals surface area contributed by atoms with Gasteiger partial charge in [0.25, 0.3) is 15.7 Å². The number of sulfonamides is 1. The van der Waals surface area contributed by atoms with Gasteiger partial charge in [-0.25, -0.2) is 8.42 Å². The lowest BCUT2D eigenvalue weighted by Crippen LogP contribution is -2.20. The highest BCUT2D eigenvalue weighted by molar-refractivity contribution is 7.92. The Morgan fingerprint density at radius 1 is 1.08 bits per heavy atom. The Hall–Kier alpha value is -2.82. The lowest BCUT2D eigenvalue weighted by Gasteiger charge is -2.14. The van der Waals surface area contributed by atoms with Crippen molar-refractivity contribution in [3.8, 4) is 5.75 Å². The van der Waals surface area contributed by atoms with Gasteiger partial charge in [-0.2, -0.15) is 0 Å². The van der Waals surface area contributed by atoms with Crippen molar-refractivity contribution in [1.82, 2.24) is 0 Å². The summed E-state index contributed by atoms with van der Waals surface area (Å²) in [6, 6.07) is 8.67. The minimum atomic E-state index is -5.07. The van der Waals surface area contributed by atoms with Gasteiger partial charge in [-0.05, 0) is 18.2 Å². The zero-order chi connectivity index (χ0) is 18.0. The molecule has 11 heteroatoms. The van der Waals surface area contributed by atoms with E-state index >= 15 is 0 Å². The molecule has 0 saturated heterocycles. The maximum absolute atomic E-state index is 12.4. The number of para-hydroxylation sites is 1. The summed E-state index contributed by atoms with van der Waals surface area (Å²) in [6.07, 6.45) is -5.07. The Labute approximate surface area is 133 Å². The fraction of sp³-hybridized carbons (Fsp3) is 0.0769. The van der Waals surface area contributed by atoms with Gasteiger partial charge >= 0.3 is 6.36 Å². The summed E-state index contributed by atoms with van der Waals surface area (Å²) in [5.41, 5.74) is -0.555. The minimum Gasteiger partial charge on any atom is -0.404 e. The minimum absolute atomic E-state index is 0.175. The number of anilines is 1. The van der Waals surface area contributed by atoms with Gasteiger partial charge in [-0.15, -0.1) is 13.2 Å². The summed E-state index contributed by atoms with van der Waals surface area (Å²) < 4.78 is 67.3. The second kappa shape index (κ2) is 6.35. The molecule has 0 aliphatic heterocycles. The SMILES string of the molecule is O=[N+]([O-])c1cccc(NS(=O)(=O)c2ccccc2OC(F)(F)F)c1. The van der Waals surface area contributed by atoms with Crippen molar-refractivity contribution in [3.63, 3.8) is 0 Å². The van der Waals surface area contributed by atoms with Crippen molar-refractivity contribution >= 4 is 21.4 Å². The van der Waals surface area contributed by atoms with E-state index in [1.165, 1.54) is 24.3 Å². The normalized spacial score (nSPS) is 11.8. The molecule has 0 amide bonds. The van der Waals surface area contributed by atoms with Crippen LogP contribution in [0.4, 0.5) is 24.5 Å². The van der Waals surface area contributed by atoms with E-state index < -0.39 is 32.0 Å². The zero-order valence-electron chi connectivity index (χ0n) is 11.6. The Balaban J connectivity index is 2.38. The van der Waals surface area contributed by atoms with Crippen LogP contribution in [0.5, 0.6) is 5.75 Å². The van der Waals surface area contributed by atoms with Crippen LogP contribution in [-0.2, 0) is 10.0 Å². The van der Waals surface area contributed by atoms with Crippen LogP contribution < -0.4 is 9.46 Å². The average Bonchev–Trinajstić information content (AvgIpc) is 2.45. The molecule has 0 bridgehead atoms. The van der Waals surface area contributed by atoms with E-state index in [4.69, 9.17) is 0 Å². The molecule has 2 rings (SSSR count). The number of non-ortho nitro benzene ring substituents is 1. The highest BCUT2D eigenvalue weighted by atomic mass is 32.2. The molecule has 0 spiro atoms. The number of nitro groups is 1. The second-order valence-corrected chi connectivity index (χ2v) is 6.06. The summed E-state index contributed by atoms with van der Waals surface area (Å²) in [5.74, 6) is -0.914. The van der Waals surface area contributed by atoms with Gasteiger partial charge in [0.15, 0.2) is 0 Å². The number of halogens is 3. The molecule has 128 valence electrons. The molecule has 2 aromatic carbocycles. The van der Waals surface area contributed by atoms with Gasteiger partial charge in [0.05, 0.1) is 10.6 Å². The van der Waals surface area contributed by atoms with Gasteiger partial charge in [0.2, 0.25) is 0 Å². The molecule has 0 radical (unpaired) electrons. The number of benzene rings is 2. The number of ether oxygens (including phenoxy) is 1. The van der Waals surface area contributed by atoms with Crippen LogP contribution in [-0.4, -0.2) is 19.7 Å². The third-order valence-electron chi connectivity index (χ3n) is 2.67. The lowest BCUT2D eigenvalue weighted by atomic mass is 10.3. The molecule has 0 unspecified atom stereocenters. The first kappa shape index (κ1) is 17.5. The highest BCUT2D eigenvalue weighted by Gasteiger charge is 2.34. The first-order chi connectivity index (χ1) is 11.1. The van der Waals surface area contributed by atoms with E-state index in [0.29, 0.717) is 0 Å². The third-order valence-corrected chi connectivity index (χ3v) is 4.09. The molecule has 0 aliphatic carbocycles. The number of rotatable bonds is 5. The monoisotopic (exact) mass is 362 g/mol. The largest absolute Gasteiger partial charge is 0.573 e. The molecular weight excluding hydrogens is 353 g/mol. The number of hydrogen-bond donors (Lipinski definition) is 1. The van der Waals surface area contributed by atoms with E-state index in [1.54, 1.807) is 0 Å². The summed E-state index contributed by atoms with van der Waals surface area (Å²) in [5, 5.41) is 10.7. The average molecular weight is 362 g/mol. The van der Waals surface area contributed by atoms with Crippen molar-refractivity contribution in [2.45, 2.75) is 11.3 Å². The molecule has 0 aliphatic rings. The van der Waals surface area contributed by atoms with Crippen LogP contribution in [0.15, 0.2) is 53.4 Å². The molecule has 0 saturated carbocycles. The Morgan fingerprint density at radius 3 is 2.38 bits per heavy atom. The molecule has 0 heterocycles. The van der Waals surface area contributed by atoms with Crippen molar-refractivity contribution in [2.75, 3.05) is 4.72 Å². The van der Waals surface area contributed by atoms with E-state index in [2.05, 4.69) is 4.74 Å². The number of nitrogens with zero attached hydrogens (tertiary/aromatic N) is 1. The van der Waals surface area contributed by atoms with E-state index in [0.717, 1.165) is 24.3 Å². The highest BCUT2D eigenvalue weighted by Crippen LogP contribution is 2.30. The quantitative estimate of drug-likeness (QED) is 0.650. The number of nitro benzene ring substituents is 1. The predicted octanol–water partition coefficient (Wildman–Crippen LogP) is 3.29. The van der Waals surface area contributed by atoms with Crippen molar-refractivity contribution in [2.24, 2.45) is 0 Å². The van der Waals surface area contributed by atoms with Gasteiger partial charge in [0.1, 0.15) is 10.6 Å². The predicted molar refractivity (Wildman–Crippen MR) is 77.0 cm³/mol. The fourth-order valence-electron chi connectivity index (χ4n) is 1.77. The molecule has 0 aromatic heterocycles. The first-order valence-corrected chi connectivity index (χ1v) is 7.69. The fourth-order valence-corrected chi connectivity index (χ4v) is 2.95. The molecule has 7 nitrogen and oxygen atoms in total. The van der Waals surface area contributed by atoms with Crippen molar-refractivity contribution < 1.29 is 31.2 Å². The third kappa shape index (κ3) is 4.35. The Kier molecular flexibility index (Phi) is 4.64. The zero-order valence-corrected chi connectivity index (χ0v) is 12.5. The van der Waals surface area contributed by atoms with Gasteiger partial charge in [-0.3, -0.25) is 14.8 Å². The molecule has 1 N–H and O–H groups in total. The van der Waals surface area contributed by atoms with E-state index in [9.17, 15) is 31.7 Å². The molecule has 0 fully saturated rings. The van der Waals surface area contributed by atoms with E-state index in [1.807, 2.05) is 4.72 Å². The Morgan fingerprint density at radius 2 is 1.75 bits per heavy atom. The van der Waals surface area contributed by atoms with Crippen LogP contribution in [0.25, 0.3) is 0 Å². The standard InChI is InChI=1S/C13H9F3N2O5S/c14-13(15,16)23-11-6-1-2-7-12(11)24(21,22)17-9-4-3-5-10(8-9)18(19)20/h1-8,17H.